The molecular formula is C8H3F4IO. The predicted molar refractivity (Wildman–Crippen MR) is 51.0 cm³/mol. The Morgan fingerprint density at radius 3 is 1.71 bits per heavy atom. The smallest absolute Gasteiger partial charge is 0.210 e. The van der Waals surface area contributed by atoms with Crippen molar-refractivity contribution in [1.82, 2.24) is 0 Å². The fourth-order valence-electron chi connectivity index (χ4n) is 0.875. The zero-order valence-corrected chi connectivity index (χ0v) is 8.74. The maximum Gasteiger partial charge on any atom is 0.210 e. The molecule has 0 N–H and O–H groups in total. The highest BCUT2D eigenvalue weighted by atomic mass is 127. The Morgan fingerprint density at radius 1 is 1.00 bits per heavy atom. The predicted octanol–water partition coefficient (Wildman–Crippen LogP) is 3.61. The van der Waals surface area contributed by atoms with Crippen molar-refractivity contribution in [3.8, 4) is 5.75 Å². The molecule has 0 amide bonds. The molecule has 0 saturated carbocycles. The lowest BCUT2D eigenvalue weighted by Gasteiger charge is -2.06. The first-order valence-electron chi connectivity index (χ1n) is 3.31. The quantitative estimate of drug-likeness (QED) is 0.460. The van der Waals surface area contributed by atoms with Gasteiger partial charge in [-0.2, -0.15) is 8.78 Å². The van der Waals surface area contributed by atoms with Gasteiger partial charge in [-0.3, -0.25) is 0 Å². The molecule has 0 radical (unpaired) electrons. The van der Waals surface area contributed by atoms with Crippen LogP contribution in [0, 0.1) is 23.3 Å². The van der Waals surface area contributed by atoms with E-state index >= 15 is 0 Å². The summed E-state index contributed by atoms with van der Waals surface area (Å²) in [7, 11) is 0. The fourth-order valence-corrected chi connectivity index (χ4v) is 1.26. The molecular weight excluding hydrogens is 315 g/mol. The normalized spacial score (nSPS) is 10.1. The molecule has 0 saturated heterocycles. The molecule has 0 bridgehead atoms. The summed E-state index contributed by atoms with van der Waals surface area (Å²) < 4.78 is 55.9. The first kappa shape index (κ1) is 11.3. The van der Waals surface area contributed by atoms with Gasteiger partial charge < -0.3 is 3.07 Å². The second kappa shape index (κ2) is 4.16. The monoisotopic (exact) mass is 318 g/mol. The van der Waals surface area contributed by atoms with Gasteiger partial charge in [-0.1, -0.05) is 12.7 Å². The summed E-state index contributed by atoms with van der Waals surface area (Å²) in [6, 6.07) is 0. The van der Waals surface area contributed by atoms with Crippen LogP contribution >= 0.6 is 23.0 Å². The maximum absolute atomic E-state index is 13.0. The summed E-state index contributed by atoms with van der Waals surface area (Å²) in [6.45, 7) is 3.03. The molecule has 0 aliphatic heterocycles. The van der Waals surface area contributed by atoms with E-state index < -0.39 is 34.6 Å². The van der Waals surface area contributed by atoms with Gasteiger partial charge in [0.05, 0.1) is 5.56 Å². The lowest BCUT2D eigenvalue weighted by molar-refractivity contribution is 0.417. The average molecular weight is 318 g/mol. The Bertz CT molecular complexity index is 362. The number of hydrogen-bond donors (Lipinski definition) is 0. The van der Waals surface area contributed by atoms with Gasteiger partial charge in [-0.25, -0.2) is 8.78 Å². The summed E-state index contributed by atoms with van der Waals surface area (Å²) in [4.78, 5) is 0. The highest BCUT2D eigenvalue weighted by Gasteiger charge is 2.24. The van der Waals surface area contributed by atoms with Crippen LogP contribution in [0.1, 0.15) is 5.56 Å². The average Bonchev–Trinajstić information content (AvgIpc) is 2.17. The van der Waals surface area contributed by atoms with E-state index in [9.17, 15) is 17.6 Å². The summed E-state index contributed by atoms with van der Waals surface area (Å²) in [5.74, 6) is -7.29. The summed E-state index contributed by atoms with van der Waals surface area (Å²) >= 11 is 1.12. The third kappa shape index (κ3) is 1.58. The molecule has 0 aliphatic carbocycles. The lowest BCUT2D eigenvalue weighted by atomic mass is 10.1. The van der Waals surface area contributed by atoms with Gasteiger partial charge in [-0.05, 0) is 0 Å². The molecule has 76 valence electrons. The molecule has 0 unspecified atom stereocenters. The van der Waals surface area contributed by atoms with Crippen molar-refractivity contribution in [1.29, 1.82) is 0 Å². The van der Waals surface area contributed by atoms with Gasteiger partial charge in [0.25, 0.3) is 0 Å². The zero-order chi connectivity index (χ0) is 10.9. The van der Waals surface area contributed by atoms with Crippen molar-refractivity contribution in [3.63, 3.8) is 0 Å². The van der Waals surface area contributed by atoms with Crippen molar-refractivity contribution in [3.05, 3.63) is 35.4 Å². The molecule has 6 heteroatoms. The van der Waals surface area contributed by atoms with Crippen LogP contribution in [-0.2, 0) is 0 Å². The van der Waals surface area contributed by atoms with E-state index in [4.69, 9.17) is 0 Å². The molecule has 1 rings (SSSR count). The SMILES string of the molecule is C=Cc1c(F)c(F)c(OI)c(F)c1F. The van der Waals surface area contributed by atoms with E-state index in [1.807, 2.05) is 0 Å². The van der Waals surface area contributed by atoms with Gasteiger partial charge in [0.15, 0.2) is 34.6 Å². The second-order valence-electron chi connectivity index (χ2n) is 2.28. The molecule has 0 aliphatic rings. The Labute approximate surface area is 91.1 Å². The Hall–Kier alpha value is -0.790. The van der Waals surface area contributed by atoms with Gasteiger partial charge in [0, 0.05) is 0 Å². The molecule has 0 fully saturated rings. The van der Waals surface area contributed by atoms with Crippen LogP contribution in [0.3, 0.4) is 0 Å². The van der Waals surface area contributed by atoms with E-state index in [0.29, 0.717) is 6.08 Å². The van der Waals surface area contributed by atoms with E-state index in [1.165, 1.54) is 0 Å². The Kier molecular flexibility index (Phi) is 3.35. The van der Waals surface area contributed by atoms with E-state index in [1.54, 1.807) is 0 Å². The van der Waals surface area contributed by atoms with Crippen LogP contribution in [0.2, 0.25) is 0 Å². The largest absolute Gasteiger partial charge is 0.421 e. The minimum absolute atomic E-state index is 0.688. The number of hydrogen-bond acceptors (Lipinski definition) is 1. The third-order valence-corrected chi connectivity index (χ3v) is 1.98. The number of halogens is 5. The van der Waals surface area contributed by atoms with Gasteiger partial charge in [0.1, 0.15) is 0 Å². The Morgan fingerprint density at radius 2 is 1.43 bits per heavy atom. The van der Waals surface area contributed by atoms with E-state index in [2.05, 4.69) is 9.65 Å². The Balaban J connectivity index is 3.63. The third-order valence-electron chi connectivity index (χ3n) is 1.54. The number of benzene rings is 1. The van der Waals surface area contributed by atoms with E-state index in [0.717, 1.165) is 23.0 Å². The van der Waals surface area contributed by atoms with Crippen molar-refractivity contribution in [2.75, 3.05) is 0 Å². The number of rotatable bonds is 2. The molecule has 0 spiro atoms. The first-order chi connectivity index (χ1) is 6.54. The van der Waals surface area contributed by atoms with Crippen molar-refractivity contribution < 1.29 is 20.6 Å². The fraction of sp³-hybridized carbons (Fsp3) is 0. The molecule has 14 heavy (non-hydrogen) atoms. The van der Waals surface area contributed by atoms with Crippen molar-refractivity contribution >= 4 is 29.1 Å². The molecule has 0 heterocycles. The van der Waals surface area contributed by atoms with Crippen LogP contribution < -0.4 is 3.07 Å². The zero-order valence-electron chi connectivity index (χ0n) is 6.58. The van der Waals surface area contributed by atoms with Crippen LogP contribution in [0.15, 0.2) is 6.58 Å². The van der Waals surface area contributed by atoms with Crippen LogP contribution in [0.5, 0.6) is 5.75 Å². The molecule has 1 nitrogen and oxygen atoms in total. The van der Waals surface area contributed by atoms with Crippen molar-refractivity contribution in [2.45, 2.75) is 0 Å². The van der Waals surface area contributed by atoms with Crippen LogP contribution in [-0.4, -0.2) is 0 Å². The van der Waals surface area contributed by atoms with Crippen LogP contribution in [0.25, 0.3) is 6.08 Å². The summed E-state index contributed by atoms with van der Waals surface area (Å²) in [6.07, 6.45) is 0.688. The topological polar surface area (TPSA) is 9.23 Å². The molecule has 0 atom stereocenters. The van der Waals surface area contributed by atoms with Crippen molar-refractivity contribution in [2.24, 2.45) is 0 Å². The maximum atomic E-state index is 13.0. The summed E-state index contributed by atoms with van der Waals surface area (Å²) in [5.41, 5.74) is -0.850. The standard InChI is InChI=1S/C8H3F4IO/c1-2-3-4(9)6(11)8(14-13)7(12)5(3)10/h2H,1H2. The minimum atomic E-state index is -1.58. The van der Waals surface area contributed by atoms with Gasteiger partial charge in [0.2, 0.25) is 17.4 Å². The highest BCUT2D eigenvalue weighted by molar-refractivity contribution is 14.1. The lowest BCUT2D eigenvalue weighted by Crippen LogP contribution is -2.01. The molecule has 0 aromatic heterocycles. The molecule has 1 aromatic carbocycles. The van der Waals surface area contributed by atoms with Crippen LogP contribution in [0.4, 0.5) is 17.6 Å². The second-order valence-corrected chi connectivity index (χ2v) is 2.72. The highest BCUT2D eigenvalue weighted by Crippen LogP contribution is 2.31. The summed E-state index contributed by atoms with van der Waals surface area (Å²) in [5, 5.41) is 0. The minimum Gasteiger partial charge on any atom is -0.421 e. The molecule has 1 aromatic rings. The van der Waals surface area contributed by atoms with E-state index in [-0.39, 0.29) is 0 Å². The van der Waals surface area contributed by atoms with Gasteiger partial charge >= 0.3 is 0 Å². The first-order valence-corrected chi connectivity index (χ1v) is 4.19. The van der Waals surface area contributed by atoms with Gasteiger partial charge in [-0.15, -0.1) is 0 Å².